The van der Waals surface area contributed by atoms with Crippen LogP contribution >= 0.6 is 0 Å². The van der Waals surface area contributed by atoms with Gasteiger partial charge in [0.25, 0.3) is 0 Å². The van der Waals surface area contributed by atoms with Crippen LogP contribution in [-0.2, 0) is 4.79 Å². The van der Waals surface area contributed by atoms with E-state index in [9.17, 15) is 9.90 Å². The molecule has 0 aromatic carbocycles. The highest BCUT2D eigenvalue weighted by Gasteiger charge is 2.57. The maximum absolute atomic E-state index is 11.4. The molecule has 0 bridgehead atoms. The van der Waals surface area contributed by atoms with Crippen LogP contribution < -0.4 is 0 Å². The van der Waals surface area contributed by atoms with Crippen molar-refractivity contribution in [2.75, 3.05) is 0 Å². The van der Waals surface area contributed by atoms with Gasteiger partial charge < -0.3 is 9.90 Å². The summed E-state index contributed by atoms with van der Waals surface area (Å²) < 4.78 is 0. The lowest BCUT2D eigenvalue weighted by atomic mass is 9.50. The summed E-state index contributed by atoms with van der Waals surface area (Å²) >= 11 is 0. The smallest absolute Gasteiger partial charge is 0.123 e. The molecule has 0 aromatic rings. The molecular formula is C23H36O2. The fraction of sp³-hybridized carbons (Fsp3) is 0.870. The maximum atomic E-state index is 11.4. The average Bonchev–Trinajstić information content (AvgIpc) is 2.98. The zero-order valence-corrected chi connectivity index (χ0v) is 16.3. The van der Waals surface area contributed by atoms with Gasteiger partial charge in [-0.2, -0.15) is 0 Å². The molecule has 2 heteroatoms. The lowest BCUT2D eigenvalue weighted by Gasteiger charge is -2.55. The highest BCUT2D eigenvalue weighted by Crippen LogP contribution is 2.64. The van der Waals surface area contributed by atoms with Crippen molar-refractivity contribution in [3.05, 3.63) is 11.6 Å². The van der Waals surface area contributed by atoms with Crippen LogP contribution in [0, 0.1) is 40.9 Å². The van der Waals surface area contributed by atoms with Gasteiger partial charge in [0, 0.05) is 5.92 Å². The number of aldehydes is 1. The zero-order valence-electron chi connectivity index (χ0n) is 16.3. The number of rotatable bonds is 3. The third-order valence-corrected chi connectivity index (χ3v) is 9.17. The fourth-order valence-corrected chi connectivity index (χ4v) is 7.67. The Balaban J connectivity index is 1.57. The zero-order chi connectivity index (χ0) is 17.8. The first-order valence-electron chi connectivity index (χ1n) is 10.8. The minimum Gasteiger partial charge on any atom is -0.390 e. The number of aliphatic hydroxyl groups is 1. The molecule has 0 amide bonds. The summed E-state index contributed by atoms with van der Waals surface area (Å²) in [6, 6.07) is 0. The van der Waals surface area contributed by atoms with Gasteiger partial charge in [-0.15, -0.1) is 0 Å². The Kier molecular flexibility index (Phi) is 4.42. The summed E-state index contributed by atoms with van der Waals surface area (Å²) in [6.07, 6.45) is 14.2. The molecule has 4 rings (SSSR count). The Morgan fingerprint density at radius 1 is 1.24 bits per heavy atom. The van der Waals surface area contributed by atoms with Crippen molar-refractivity contribution in [2.45, 2.75) is 84.2 Å². The number of fused-ring (bicyclic) bond motifs is 5. The Labute approximate surface area is 153 Å². The highest BCUT2D eigenvalue weighted by atomic mass is 16.3. The second kappa shape index (κ2) is 6.22. The van der Waals surface area contributed by atoms with Gasteiger partial charge in [-0.25, -0.2) is 0 Å². The summed E-state index contributed by atoms with van der Waals surface area (Å²) in [5.41, 5.74) is 1.53. The van der Waals surface area contributed by atoms with E-state index in [0.717, 1.165) is 42.9 Å². The monoisotopic (exact) mass is 344 g/mol. The van der Waals surface area contributed by atoms with Crippen LogP contribution in [0.2, 0.25) is 0 Å². The molecule has 1 N–H and O–H groups in total. The maximum Gasteiger partial charge on any atom is 0.123 e. The number of hydrogen-bond acceptors (Lipinski definition) is 2. The first-order valence-corrected chi connectivity index (χ1v) is 10.8. The van der Waals surface area contributed by atoms with Crippen molar-refractivity contribution < 1.29 is 9.90 Å². The summed E-state index contributed by atoms with van der Waals surface area (Å²) in [4.78, 5) is 11.4. The van der Waals surface area contributed by atoms with Gasteiger partial charge in [0.1, 0.15) is 6.29 Å². The summed E-state index contributed by atoms with van der Waals surface area (Å²) in [6.45, 7) is 6.77. The van der Waals surface area contributed by atoms with Crippen molar-refractivity contribution in [1.29, 1.82) is 0 Å². The normalized spacial score (nSPS) is 50.2. The standard InChI is InChI=1S/C23H36O2/c1-4-23(25)12-10-17-16(13-23)5-6-19-18(17)9-11-22(3)20(15(2)14-24)7-8-21(19)22/h5,14-15,17-21,25H,4,6-13H2,1-3H3/t15-,17+,18-,19-,20-,21+,22-,23+/m1/s1. The third kappa shape index (κ3) is 2.66. The lowest BCUT2D eigenvalue weighted by molar-refractivity contribution is -0.114. The highest BCUT2D eigenvalue weighted by molar-refractivity contribution is 5.53. The number of carbonyl (C=O) groups is 1. The summed E-state index contributed by atoms with van der Waals surface area (Å²) in [5.74, 6) is 4.02. The van der Waals surface area contributed by atoms with Gasteiger partial charge in [-0.1, -0.05) is 32.4 Å². The van der Waals surface area contributed by atoms with Crippen LogP contribution in [0.15, 0.2) is 11.6 Å². The Morgan fingerprint density at radius 2 is 2.04 bits per heavy atom. The van der Waals surface area contributed by atoms with Gasteiger partial charge in [0.05, 0.1) is 5.60 Å². The Bertz CT molecular complexity index is 566. The van der Waals surface area contributed by atoms with Gasteiger partial charge in [-0.3, -0.25) is 0 Å². The molecule has 3 saturated carbocycles. The van der Waals surface area contributed by atoms with Crippen molar-refractivity contribution in [2.24, 2.45) is 40.9 Å². The molecule has 0 saturated heterocycles. The van der Waals surface area contributed by atoms with Gasteiger partial charge >= 0.3 is 0 Å². The second-order valence-corrected chi connectivity index (χ2v) is 10.1. The number of carbonyl (C=O) groups excluding carboxylic acids is 1. The molecule has 0 aromatic heterocycles. The van der Waals surface area contributed by atoms with E-state index in [2.05, 4.69) is 26.8 Å². The quantitative estimate of drug-likeness (QED) is 0.568. The molecule has 4 aliphatic rings. The molecule has 3 fully saturated rings. The van der Waals surface area contributed by atoms with E-state index in [1.54, 1.807) is 5.57 Å². The van der Waals surface area contributed by atoms with Gasteiger partial charge in [-0.05, 0) is 92.8 Å². The van der Waals surface area contributed by atoms with Crippen LogP contribution in [0.3, 0.4) is 0 Å². The van der Waals surface area contributed by atoms with Crippen molar-refractivity contribution in [3.8, 4) is 0 Å². The third-order valence-electron chi connectivity index (χ3n) is 9.17. The van der Waals surface area contributed by atoms with Crippen molar-refractivity contribution in [1.82, 2.24) is 0 Å². The Morgan fingerprint density at radius 3 is 2.76 bits per heavy atom. The van der Waals surface area contributed by atoms with E-state index in [-0.39, 0.29) is 5.92 Å². The lowest BCUT2D eigenvalue weighted by Crippen LogP contribution is -2.48. The van der Waals surface area contributed by atoms with Crippen molar-refractivity contribution in [3.63, 3.8) is 0 Å². The molecule has 0 spiro atoms. The number of hydrogen-bond donors (Lipinski definition) is 1. The van der Waals surface area contributed by atoms with Crippen molar-refractivity contribution >= 4 is 6.29 Å². The van der Waals surface area contributed by atoms with E-state index in [1.165, 1.54) is 44.8 Å². The first-order chi connectivity index (χ1) is 11.9. The Hall–Kier alpha value is -0.630. The molecule has 140 valence electrons. The molecule has 4 aliphatic carbocycles. The molecule has 0 aliphatic heterocycles. The SMILES string of the molecule is CC[C@]1(O)CC[C@H]2C(=CC[C@@H]3[C@@H]2CC[C@]2(C)[C@@H]([C@H](C)C=O)CC[C@@H]32)C1. The molecule has 8 atom stereocenters. The minimum absolute atomic E-state index is 0.218. The van der Waals surface area contributed by atoms with Crippen LogP contribution in [0.1, 0.15) is 78.6 Å². The van der Waals surface area contributed by atoms with E-state index in [1.807, 2.05) is 0 Å². The fourth-order valence-electron chi connectivity index (χ4n) is 7.67. The molecule has 0 radical (unpaired) electrons. The van der Waals surface area contributed by atoms with Crippen LogP contribution in [0.5, 0.6) is 0 Å². The van der Waals surface area contributed by atoms with Gasteiger partial charge in [0.15, 0.2) is 0 Å². The average molecular weight is 345 g/mol. The molecule has 0 heterocycles. The molecule has 2 nitrogen and oxygen atoms in total. The van der Waals surface area contributed by atoms with E-state index in [4.69, 9.17) is 0 Å². The topological polar surface area (TPSA) is 37.3 Å². The van der Waals surface area contributed by atoms with E-state index < -0.39 is 5.60 Å². The van der Waals surface area contributed by atoms with Gasteiger partial charge in [0.2, 0.25) is 0 Å². The molecular weight excluding hydrogens is 308 g/mol. The summed E-state index contributed by atoms with van der Waals surface area (Å²) in [7, 11) is 0. The van der Waals surface area contributed by atoms with E-state index >= 15 is 0 Å². The predicted molar refractivity (Wildman–Crippen MR) is 101 cm³/mol. The first kappa shape index (κ1) is 17.8. The molecule has 25 heavy (non-hydrogen) atoms. The summed E-state index contributed by atoms with van der Waals surface area (Å²) in [5, 5.41) is 10.8. The molecule has 0 unspecified atom stereocenters. The largest absolute Gasteiger partial charge is 0.390 e. The minimum atomic E-state index is -0.434. The van der Waals surface area contributed by atoms with Crippen LogP contribution in [0.25, 0.3) is 0 Å². The second-order valence-electron chi connectivity index (χ2n) is 10.1. The number of allylic oxidation sites excluding steroid dienone is 1. The van der Waals surface area contributed by atoms with E-state index in [0.29, 0.717) is 11.3 Å². The predicted octanol–water partition coefficient (Wildman–Crippen LogP) is 5.15. The van der Waals surface area contributed by atoms with Crippen LogP contribution in [0.4, 0.5) is 0 Å². The van der Waals surface area contributed by atoms with Crippen LogP contribution in [-0.4, -0.2) is 17.0 Å².